The van der Waals surface area contributed by atoms with E-state index in [2.05, 4.69) is 0 Å². The predicted molar refractivity (Wildman–Crippen MR) is 38.3 cm³/mol. The van der Waals surface area contributed by atoms with Gasteiger partial charge in [0.15, 0.2) is 0 Å². The zero-order valence-corrected chi connectivity index (χ0v) is 6.32. The summed E-state index contributed by atoms with van der Waals surface area (Å²) >= 11 is 0. The van der Waals surface area contributed by atoms with Crippen LogP contribution in [0.25, 0.3) is 0 Å². The lowest BCUT2D eigenvalue weighted by Crippen LogP contribution is -2.19. The van der Waals surface area contributed by atoms with Gasteiger partial charge in [0.05, 0.1) is 18.6 Å². The third kappa shape index (κ3) is 1.38. The summed E-state index contributed by atoms with van der Waals surface area (Å²) in [5, 5.41) is 8.55. The highest BCUT2D eigenvalue weighted by molar-refractivity contribution is 5.67. The first-order valence-electron chi connectivity index (χ1n) is 4.14. The molecule has 2 fully saturated rings. The first-order chi connectivity index (χ1) is 5.27. The number of aliphatic carboxylic acids is 1. The molecule has 1 aliphatic heterocycles. The minimum Gasteiger partial charge on any atom is -0.481 e. The third-order valence-electron chi connectivity index (χ3n) is 2.59. The molecule has 0 bridgehead atoms. The van der Waals surface area contributed by atoms with Gasteiger partial charge in [-0.05, 0) is 18.8 Å². The summed E-state index contributed by atoms with van der Waals surface area (Å²) in [5.41, 5.74) is 0. The van der Waals surface area contributed by atoms with Crippen LogP contribution in [0.3, 0.4) is 0 Å². The number of carboxylic acids is 1. The van der Waals surface area contributed by atoms with E-state index in [-0.39, 0.29) is 0 Å². The Morgan fingerprint density at radius 1 is 1.55 bits per heavy atom. The van der Waals surface area contributed by atoms with Crippen molar-refractivity contribution in [2.24, 2.45) is 5.92 Å². The zero-order valence-electron chi connectivity index (χ0n) is 6.32. The number of fused-ring (bicyclic) bond motifs is 1. The van der Waals surface area contributed by atoms with Crippen molar-refractivity contribution in [2.45, 2.75) is 37.9 Å². The van der Waals surface area contributed by atoms with Gasteiger partial charge in [0.25, 0.3) is 0 Å². The van der Waals surface area contributed by atoms with Gasteiger partial charge in [-0.25, -0.2) is 0 Å². The number of carbonyl (C=O) groups is 1. The Labute approximate surface area is 65.4 Å². The number of hydrogen-bond acceptors (Lipinski definition) is 2. The van der Waals surface area contributed by atoms with Crippen molar-refractivity contribution in [1.29, 1.82) is 0 Å². The van der Waals surface area contributed by atoms with E-state index in [1.165, 1.54) is 0 Å². The van der Waals surface area contributed by atoms with Crippen LogP contribution < -0.4 is 0 Å². The molecule has 0 spiro atoms. The first-order valence-corrected chi connectivity index (χ1v) is 4.14. The topological polar surface area (TPSA) is 49.8 Å². The molecule has 0 amide bonds. The van der Waals surface area contributed by atoms with E-state index in [1.807, 2.05) is 0 Å². The van der Waals surface area contributed by atoms with Gasteiger partial charge in [0, 0.05) is 0 Å². The Bertz CT molecular complexity index is 178. The molecule has 1 heterocycles. The maximum atomic E-state index is 10.4. The molecule has 0 aromatic carbocycles. The van der Waals surface area contributed by atoms with Crippen LogP contribution in [0, 0.1) is 5.92 Å². The minimum absolute atomic E-state index is 0.292. The lowest BCUT2D eigenvalue weighted by atomic mass is 9.87. The first kappa shape index (κ1) is 7.10. The zero-order chi connectivity index (χ0) is 7.84. The molecule has 11 heavy (non-hydrogen) atoms. The summed E-state index contributed by atoms with van der Waals surface area (Å²) in [4.78, 5) is 10.4. The normalized spacial score (nSPS) is 41.3. The van der Waals surface area contributed by atoms with Gasteiger partial charge in [-0.15, -0.1) is 0 Å². The molecule has 0 aromatic rings. The summed E-state index contributed by atoms with van der Waals surface area (Å²) in [6.07, 6.45) is 4.31. The number of hydrogen-bond donors (Lipinski definition) is 1. The van der Waals surface area contributed by atoms with Crippen LogP contribution in [0.4, 0.5) is 0 Å². The molecule has 0 aromatic heterocycles. The van der Waals surface area contributed by atoms with Crippen molar-refractivity contribution >= 4 is 5.97 Å². The smallest absolute Gasteiger partial charge is 0.303 e. The largest absolute Gasteiger partial charge is 0.481 e. The van der Waals surface area contributed by atoms with Gasteiger partial charge in [0.2, 0.25) is 0 Å². The Balaban J connectivity index is 1.88. The van der Waals surface area contributed by atoms with Gasteiger partial charge in [-0.1, -0.05) is 6.42 Å². The van der Waals surface area contributed by atoms with Gasteiger partial charge in [0.1, 0.15) is 0 Å². The van der Waals surface area contributed by atoms with E-state index in [0.29, 0.717) is 24.5 Å². The Kier molecular flexibility index (Phi) is 1.60. The van der Waals surface area contributed by atoms with Crippen molar-refractivity contribution in [3.63, 3.8) is 0 Å². The van der Waals surface area contributed by atoms with Crippen LogP contribution in [-0.2, 0) is 9.53 Å². The molecule has 2 rings (SSSR count). The summed E-state index contributed by atoms with van der Waals surface area (Å²) in [5.74, 6) is -0.391. The van der Waals surface area contributed by atoms with Crippen molar-refractivity contribution in [3.05, 3.63) is 0 Å². The monoisotopic (exact) mass is 156 g/mol. The lowest BCUT2D eigenvalue weighted by Gasteiger charge is -2.15. The quantitative estimate of drug-likeness (QED) is 0.607. The molecule has 1 saturated heterocycles. The molecule has 2 aliphatic rings. The molecule has 1 saturated carbocycles. The van der Waals surface area contributed by atoms with E-state index in [4.69, 9.17) is 9.84 Å². The number of epoxide rings is 1. The molecule has 1 N–H and O–H groups in total. The SMILES string of the molecule is O=C(O)CC1CCCC2OC12. The molecule has 3 heteroatoms. The maximum absolute atomic E-state index is 10.4. The molecule has 3 nitrogen and oxygen atoms in total. The van der Waals surface area contributed by atoms with Gasteiger partial charge in [-0.3, -0.25) is 4.79 Å². The van der Waals surface area contributed by atoms with E-state index in [9.17, 15) is 4.79 Å². The number of carboxylic acid groups (broad SMARTS) is 1. The average molecular weight is 156 g/mol. The highest BCUT2D eigenvalue weighted by Crippen LogP contribution is 2.41. The molecular weight excluding hydrogens is 144 g/mol. The third-order valence-corrected chi connectivity index (χ3v) is 2.59. The Hall–Kier alpha value is -0.570. The van der Waals surface area contributed by atoms with E-state index >= 15 is 0 Å². The minimum atomic E-state index is -0.689. The van der Waals surface area contributed by atoms with E-state index in [1.54, 1.807) is 0 Å². The van der Waals surface area contributed by atoms with Crippen molar-refractivity contribution < 1.29 is 14.6 Å². The fourth-order valence-electron chi connectivity index (χ4n) is 1.99. The summed E-state index contributed by atoms with van der Waals surface area (Å²) in [7, 11) is 0. The fourth-order valence-corrected chi connectivity index (χ4v) is 1.99. The molecule has 1 aliphatic carbocycles. The average Bonchev–Trinajstić information content (AvgIpc) is 2.65. The van der Waals surface area contributed by atoms with E-state index < -0.39 is 5.97 Å². The van der Waals surface area contributed by atoms with Crippen LogP contribution in [-0.4, -0.2) is 23.3 Å². The fraction of sp³-hybridized carbons (Fsp3) is 0.875. The highest BCUT2D eigenvalue weighted by Gasteiger charge is 2.47. The van der Waals surface area contributed by atoms with E-state index in [0.717, 1.165) is 19.3 Å². The summed E-state index contributed by atoms with van der Waals surface area (Å²) in [6, 6.07) is 0. The van der Waals surface area contributed by atoms with Crippen LogP contribution in [0.5, 0.6) is 0 Å². The van der Waals surface area contributed by atoms with Crippen LogP contribution in [0.15, 0.2) is 0 Å². The Morgan fingerprint density at radius 2 is 2.36 bits per heavy atom. The Morgan fingerprint density at radius 3 is 3.09 bits per heavy atom. The van der Waals surface area contributed by atoms with Gasteiger partial charge in [-0.2, -0.15) is 0 Å². The maximum Gasteiger partial charge on any atom is 0.303 e. The lowest BCUT2D eigenvalue weighted by molar-refractivity contribution is -0.138. The standard InChI is InChI=1S/C8H12O3/c9-7(10)4-5-2-1-3-6-8(5)11-6/h5-6,8H,1-4H2,(H,9,10). The van der Waals surface area contributed by atoms with Crippen molar-refractivity contribution in [1.82, 2.24) is 0 Å². The predicted octanol–water partition coefficient (Wildman–Crippen LogP) is 1.03. The van der Waals surface area contributed by atoms with Gasteiger partial charge < -0.3 is 9.84 Å². The van der Waals surface area contributed by atoms with Crippen LogP contribution in [0.1, 0.15) is 25.7 Å². The molecular formula is C8H12O3. The summed E-state index contributed by atoms with van der Waals surface area (Å²) in [6.45, 7) is 0. The summed E-state index contributed by atoms with van der Waals surface area (Å²) < 4.78 is 5.33. The second-order valence-corrected chi connectivity index (χ2v) is 3.43. The van der Waals surface area contributed by atoms with Gasteiger partial charge >= 0.3 is 5.97 Å². The highest BCUT2D eigenvalue weighted by atomic mass is 16.6. The van der Waals surface area contributed by atoms with Crippen LogP contribution in [0.2, 0.25) is 0 Å². The molecule has 0 radical (unpaired) electrons. The second-order valence-electron chi connectivity index (χ2n) is 3.43. The second kappa shape index (κ2) is 2.48. The van der Waals surface area contributed by atoms with Crippen molar-refractivity contribution in [3.8, 4) is 0 Å². The number of ether oxygens (including phenoxy) is 1. The molecule has 3 atom stereocenters. The molecule has 62 valence electrons. The number of rotatable bonds is 2. The van der Waals surface area contributed by atoms with Crippen LogP contribution >= 0.6 is 0 Å². The molecule has 3 unspecified atom stereocenters. The van der Waals surface area contributed by atoms with Crippen molar-refractivity contribution in [2.75, 3.05) is 0 Å².